The van der Waals surface area contributed by atoms with Crippen molar-refractivity contribution in [3.63, 3.8) is 0 Å². The topological polar surface area (TPSA) is 84.1 Å². The van der Waals surface area contributed by atoms with Gasteiger partial charge in [0.25, 0.3) is 5.91 Å². The van der Waals surface area contributed by atoms with E-state index in [1.54, 1.807) is 11.9 Å². The van der Waals surface area contributed by atoms with E-state index >= 15 is 0 Å². The summed E-state index contributed by atoms with van der Waals surface area (Å²) >= 11 is 3.03. The third-order valence-corrected chi connectivity index (χ3v) is 6.86. The summed E-state index contributed by atoms with van der Waals surface area (Å²) in [5.41, 5.74) is 9.83. The molecule has 1 aliphatic rings. The Morgan fingerprint density at radius 3 is 2.81 bits per heavy atom. The highest BCUT2D eigenvalue weighted by atomic mass is 32.2. The van der Waals surface area contributed by atoms with Crippen LogP contribution in [0.5, 0.6) is 0 Å². The molecule has 140 valence electrons. The van der Waals surface area contributed by atoms with Crippen LogP contribution in [0.4, 0.5) is 5.69 Å². The van der Waals surface area contributed by atoms with Crippen LogP contribution < -0.4 is 11.1 Å². The first-order chi connectivity index (χ1) is 12.9. The van der Waals surface area contributed by atoms with E-state index in [0.717, 1.165) is 29.7 Å². The van der Waals surface area contributed by atoms with Crippen LogP contribution in [0.15, 0.2) is 29.2 Å². The van der Waals surface area contributed by atoms with Gasteiger partial charge in [-0.15, -0.1) is 16.4 Å². The zero-order chi connectivity index (χ0) is 19.1. The van der Waals surface area contributed by atoms with Gasteiger partial charge in [0.1, 0.15) is 9.71 Å². The Morgan fingerprint density at radius 2 is 2.07 bits per heavy atom. The van der Waals surface area contributed by atoms with Crippen LogP contribution in [0.3, 0.4) is 0 Å². The van der Waals surface area contributed by atoms with Gasteiger partial charge in [-0.2, -0.15) is 5.10 Å². The lowest BCUT2D eigenvalue weighted by molar-refractivity contribution is 0.0906. The van der Waals surface area contributed by atoms with Gasteiger partial charge in [-0.05, 0) is 56.0 Å². The fraction of sp³-hybridized carbons (Fsp3) is 0.316. The second-order valence-electron chi connectivity index (χ2n) is 6.86. The lowest BCUT2D eigenvalue weighted by Gasteiger charge is -2.38. The number of nitrogen functional groups attached to an aromatic ring is 1. The number of carbonyl (C=O) groups is 1. The van der Waals surface area contributed by atoms with Gasteiger partial charge in [-0.1, -0.05) is 12.1 Å². The third-order valence-electron chi connectivity index (χ3n) is 4.75. The van der Waals surface area contributed by atoms with E-state index in [0.29, 0.717) is 15.4 Å². The summed E-state index contributed by atoms with van der Waals surface area (Å²) in [4.78, 5) is 15.1. The van der Waals surface area contributed by atoms with Gasteiger partial charge >= 0.3 is 0 Å². The molecule has 1 fully saturated rings. The predicted octanol–water partition coefficient (Wildman–Crippen LogP) is 3.32. The highest BCUT2D eigenvalue weighted by Gasteiger charge is 2.30. The number of hydrogen-bond donors (Lipinski definition) is 2. The van der Waals surface area contributed by atoms with Crippen molar-refractivity contribution in [2.75, 3.05) is 18.8 Å². The van der Waals surface area contributed by atoms with E-state index < -0.39 is 0 Å². The number of thiophene rings is 1. The Labute approximate surface area is 166 Å². The number of hydrogen-bond acceptors (Lipinski definition) is 7. The zero-order valence-corrected chi connectivity index (χ0v) is 17.1. The van der Waals surface area contributed by atoms with E-state index in [1.807, 2.05) is 13.8 Å². The monoisotopic (exact) mass is 399 g/mol. The van der Waals surface area contributed by atoms with Gasteiger partial charge in [0.2, 0.25) is 0 Å². The molecule has 0 bridgehead atoms. The Hall–Kier alpha value is -2.16. The molecule has 0 unspecified atom stereocenters. The number of anilines is 1. The maximum atomic E-state index is 12.7. The minimum absolute atomic E-state index is 0.127. The van der Waals surface area contributed by atoms with E-state index in [-0.39, 0.29) is 11.9 Å². The largest absolute Gasteiger partial charge is 0.397 e. The number of amides is 1. The first-order valence-corrected chi connectivity index (χ1v) is 10.3. The van der Waals surface area contributed by atoms with Crippen LogP contribution >= 0.6 is 23.3 Å². The molecular weight excluding hydrogens is 378 g/mol. The Bertz CT molecular complexity index is 1030. The van der Waals surface area contributed by atoms with E-state index in [1.165, 1.54) is 21.8 Å². The predicted molar refractivity (Wildman–Crippen MR) is 111 cm³/mol. The summed E-state index contributed by atoms with van der Waals surface area (Å²) in [5, 5.41) is 12.2. The smallest absolute Gasteiger partial charge is 0.263 e. The molecule has 3 aromatic rings. The second-order valence-corrected chi connectivity index (χ2v) is 9.03. The summed E-state index contributed by atoms with van der Waals surface area (Å²) in [6, 6.07) is 8.56. The Morgan fingerprint density at radius 1 is 1.30 bits per heavy atom. The van der Waals surface area contributed by atoms with E-state index in [9.17, 15) is 4.79 Å². The van der Waals surface area contributed by atoms with Crippen molar-refractivity contribution in [1.82, 2.24) is 19.8 Å². The van der Waals surface area contributed by atoms with Crippen molar-refractivity contribution in [1.29, 1.82) is 0 Å². The highest BCUT2D eigenvalue weighted by Crippen LogP contribution is 2.35. The van der Waals surface area contributed by atoms with Gasteiger partial charge in [-0.25, -0.2) is 4.31 Å². The molecule has 0 aliphatic carbocycles. The quantitative estimate of drug-likeness (QED) is 0.655. The van der Waals surface area contributed by atoms with Gasteiger partial charge in [-0.3, -0.25) is 4.79 Å². The minimum Gasteiger partial charge on any atom is -0.397 e. The molecule has 2 aromatic heterocycles. The molecular formula is C19H21N5OS2. The molecule has 1 aliphatic heterocycles. The lowest BCUT2D eigenvalue weighted by Crippen LogP contribution is -2.56. The molecule has 8 heteroatoms. The summed E-state index contributed by atoms with van der Waals surface area (Å²) in [7, 11) is 0. The molecule has 3 N–H and O–H groups in total. The average molecular weight is 400 g/mol. The fourth-order valence-corrected chi connectivity index (χ4v) is 5.27. The SMILES string of the molecule is Cc1cccc(SN2CC(NC(=O)c3sc4nnc(C)c(C)c4c3N)C2)c1. The zero-order valence-electron chi connectivity index (χ0n) is 15.4. The van der Waals surface area contributed by atoms with Gasteiger partial charge in [0.15, 0.2) is 0 Å². The molecule has 4 rings (SSSR count). The summed E-state index contributed by atoms with van der Waals surface area (Å²) < 4.78 is 2.24. The molecule has 27 heavy (non-hydrogen) atoms. The lowest BCUT2D eigenvalue weighted by atomic mass is 10.1. The van der Waals surface area contributed by atoms with Gasteiger partial charge in [0, 0.05) is 23.4 Å². The summed E-state index contributed by atoms with van der Waals surface area (Å²) in [6.45, 7) is 7.57. The van der Waals surface area contributed by atoms with Crippen LogP contribution in [0, 0.1) is 20.8 Å². The van der Waals surface area contributed by atoms with Gasteiger partial charge < -0.3 is 11.1 Å². The maximum Gasteiger partial charge on any atom is 0.263 e. The van der Waals surface area contributed by atoms with Crippen molar-refractivity contribution in [2.45, 2.75) is 31.7 Å². The van der Waals surface area contributed by atoms with Crippen molar-refractivity contribution in [2.24, 2.45) is 0 Å². The Kier molecular flexibility index (Phi) is 4.79. The molecule has 0 atom stereocenters. The molecule has 1 amide bonds. The van der Waals surface area contributed by atoms with Crippen molar-refractivity contribution >= 4 is 45.1 Å². The van der Waals surface area contributed by atoms with Gasteiger partial charge in [0.05, 0.1) is 17.4 Å². The standard InChI is InChI=1S/C19H21N5OS2/c1-10-5-4-6-14(7-10)27-24-8-13(9-24)21-18(25)17-16(20)15-11(2)12(3)22-23-19(15)26-17/h4-7,13H,8-9,20H2,1-3H3,(H,21,25). The van der Waals surface area contributed by atoms with Crippen LogP contribution in [0.2, 0.25) is 0 Å². The van der Waals surface area contributed by atoms with Crippen LogP contribution in [0.25, 0.3) is 10.2 Å². The molecule has 0 saturated carbocycles. The Balaban J connectivity index is 1.40. The number of aromatic nitrogens is 2. The first kappa shape index (κ1) is 18.2. The number of fused-ring (bicyclic) bond motifs is 1. The second kappa shape index (κ2) is 7.10. The molecule has 3 heterocycles. The minimum atomic E-state index is -0.127. The van der Waals surface area contributed by atoms with Crippen molar-refractivity contribution < 1.29 is 4.79 Å². The maximum absolute atomic E-state index is 12.7. The summed E-state index contributed by atoms with van der Waals surface area (Å²) in [6.07, 6.45) is 0. The van der Waals surface area contributed by atoms with Crippen molar-refractivity contribution in [3.05, 3.63) is 46.0 Å². The van der Waals surface area contributed by atoms with Crippen LogP contribution in [-0.4, -0.2) is 39.5 Å². The van der Waals surface area contributed by atoms with Crippen LogP contribution in [0.1, 0.15) is 26.5 Å². The normalized spacial score (nSPS) is 15.1. The number of nitrogens with two attached hydrogens (primary N) is 1. The number of benzene rings is 1. The van der Waals surface area contributed by atoms with E-state index in [2.05, 4.69) is 51.0 Å². The number of carbonyl (C=O) groups excluding carboxylic acids is 1. The molecule has 6 nitrogen and oxygen atoms in total. The molecule has 0 radical (unpaired) electrons. The number of aryl methyl sites for hydroxylation is 3. The van der Waals surface area contributed by atoms with Crippen LogP contribution in [-0.2, 0) is 0 Å². The average Bonchev–Trinajstić information content (AvgIpc) is 2.94. The number of rotatable bonds is 4. The number of nitrogens with zero attached hydrogens (tertiary/aromatic N) is 3. The molecule has 0 spiro atoms. The molecule has 1 aromatic carbocycles. The van der Waals surface area contributed by atoms with Crippen molar-refractivity contribution in [3.8, 4) is 0 Å². The first-order valence-electron chi connectivity index (χ1n) is 8.74. The fourth-order valence-electron chi connectivity index (χ4n) is 3.09. The summed E-state index contributed by atoms with van der Waals surface area (Å²) in [5.74, 6) is -0.127. The van der Waals surface area contributed by atoms with E-state index in [4.69, 9.17) is 5.73 Å². The molecule has 1 saturated heterocycles. The highest BCUT2D eigenvalue weighted by molar-refractivity contribution is 7.97. The number of nitrogens with one attached hydrogen (secondary N) is 1. The third kappa shape index (κ3) is 3.52.